The van der Waals surface area contributed by atoms with Gasteiger partial charge in [-0.15, -0.1) is 0 Å². The smallest absolute Gasteiger partial charge is 0.350 e. The van der Waals surface area contributed by atoms with Crippen molar-refractivity contribution in [2.75, 3.05) is 13.6 Å². The molecular formula is C19H18ClF3N2O. The normalized spacial score (nSPS) is 17.7. The topological polar surface area (TPSA) is 32.3 Å². The highest BCUT2D eigenvalue weighted by molar-refractivity contribution is 6.30. The van der Waals surface area contributed by atoms with Crippen LogP contribution in [0.3, 0.4) is 0 Å². The maximum absolute atomic E-state index is 12.6. The highest BCUT2D eigenvalue weighted by Gasteiger charge is 2.30. The predicted octanol–water partition coefficient (Wildman–Crippen LogP) is 4.15. The SMILES string of the molecule is CN1Cc2ccc(Cl)cc2CC1CNC(=O)c1ccc(C(F)(F)F)cc1. The first-order valence-corrected chi connectivity index (χ1v) is 8.55. The molecule has 3 rings (SSSR count). The first-order chi connectivity index (χ1) is 12.2. The standard InChI is InChI=1S/C19H18ClF3N2O/c1-25-11-13-4-7-16(20)8-14(13)9-17(25)10-24-18(26)12-2-5-15(6-3-12)19(21,22)23/h2-8,17H,9-11H2,1H3,(H,24,26). The molecule has 0 aliphatic carbocycles. The second-order valence-electron chi connectivity index (χ2n) is 6.47. The fraction of sp³-hybridized carbons (Fsp3) is 0.316. The van der Waals surface area contributed by atoms with Gasteiger partial charge in [-0.2, -0.15) is 13.2 Å². The lowest BCUT2D eigenvalue weighted by Gasteiger charge is -2.34. The minimum Gasteiger partial charge on any atom is -0.350 e. The number of carbonyl (C=O) groups is 1. The number of hydrogen-bond acceptors (Lipinski definition) is 2. The maximum Gasteiger partial charge on any atom is 0.416 e. The Kier molecular flexibility index (Phi) is 5.25. The average molecular weight is 383 g/mol. The second-order valence-corrected chi connectivity index (χ2v) is 6.91. The van der Waals surface area contributed by atoms with E-state index in [1.165, 1.54) is 17.7 Å². The Bertz CT molecular complexity index is 805. The molecule has 0 saturated carbocycles. The van der Waals surface area contributed by atoms with Crippen LogP contribution in [0.1, 0.15) is 27.0 Å². The zero-order chi connectivity index (χ0) is 18.9. The maximum atomic E-state index is 12.6. The lowest BCUT2D eigenvalue weighted by atomic mass is 9.94. The summed E-state index contributed by atoms with van der Waals surface area (Å²) in [6.07, 6.45) is -3.66. The summed E-state index contributed by atoms with van der Waals surface area (Å²) in [7, 11) is 1.98. The number of nitrogens with zero attached hydrogens (tertiary/aromatic N) is 1. The first-order valence-electron chi connectivity index (χ1n) is 8.17. The van der Waals surface area contributed by atoms with Gasteiger partial charge in [0.05, 0.1) is 5.56 Å². The van der Waals surface area contributed by atoms with Crippen LogP contribution in [0.2, 0.25) is 5.02 Å². The lowest BCUT2D eigenvalue weighted by Crippen LogP contribution is -2.45. The molecule has 1 unspecified atom stereocenters. The van der Waals surface area contributed by atoms with E-state index in [9.17, 15) is 18.0 Å². The Morgan fingerprint density at radius 3 is 2.54 bits per heavy atom. The van der Waals surface area contributed by atoms with Crippen LogP contribution in [-0.2, 0) is 19.1 Å². The quantitative estimate of drug-likeness (QED) is 0.865. The van der Waals surface area contributed by atoms with Crippen molar-refractivity contribution < 1.29 is 18.0 Å². The number of hydrogen-bond donors (Lipinski definition) is 1. The molecule has 7 heteroatoms. The highest BCUT2D eigenvalue weighted by atomic mass is 35.5. The van der Waals surface area contributed by atoms with Gasteiger partial charge < -0.3 is 5.32 Å². The summed E-state index contributed by atoms with van der Waals surface area (Å²) >= 11 is 6.05. The molecule has 1 N–H and O–H groups in total. The number of nitrogens with one attached hydrogen (secondary N) is 1. The van der Waals surface area contributed by atoms with Gasteiger partial charge in [0.1, 0.15) is 0 Å². The van der Waals surface area contributed by atoms with E-state index in [2.05, 4.69) is 10.2 Å². The number of benzene rings is 2. The molecule has 1 amide bonds. The monoisotopic (exact) mass is 382 g/mol. The third-order valence-electron chi connectivity index (χ3n) is 4.64. The molecule has 0 bridgehead atoms. The van der Waals surface area contributed by atoms with Crippen molar-refractivity contribution >= 4 is 17.5 Å². The molecule has 0 saturated heterocycles. The van der Waals surface area contributed by atoms with Crippen LogP contribution in [0.15, 0.2) is 42.5 Å². The Morgan fingerprint density at radius 1 is 1.19 bits per heavy atom. The summed E-state index contributed by atoms with van der Waals surface area (Å²) in [6.45, 7) is 1.16. The van der Waals surface area contributed by atoms with Crippen molar-refractivity contribution in [1.29, 1.82) is 0 Å². The summed E-state index contributed by atoms with van der Waals surface area (Å²) in [5.41, 5.74) is 1.81. The van der Waals surface area contributed by atoms with Crippen molar-refractivity contribution in [2.24, 2.45) is 0 Å². The van der Waals surface area contributed by atoms with E-state index in [0.29, 0.717) is 11.6 Å². The molecule has 0 aromatic heterocycles. The number of alkyl halides is 3. The van der Waals surface area contributed by atoms with Crippen LogP contribution in [0.25, 0.3) is 0 Å². The molecule has 1 aliphatic heterocycles. The first kappa shape index (κ1) is 18.7. The molecule has 2 aromatic rings. The molecule has 26 heavy (non-hydrogen) atoms. The van der Waals surface area contributed by atoms with Crippen LogP contribution in [-0.4, -0.2) is 30.4 Å². The summed E-state index contributed by atoms with van der Waals surface area (Å²) in [5.74, 6) is -0.385. The van der Waals surface area contributed by atoms with Crippen LogP contribution >= 0.6 is 11.6 Å². The predicted molar refractivity (Wildman–Crippen MR) is 94.2 cm³/mol. The van der Waals surface area contributed by atoms with Crippen LogP contribution in [0, 0.1) is 0 Å². The van der Waals surface area contributed by atoms with Crippen molar-refractivity contribution in [2.45, 2.75) is 25.2 Å². The molecule has 0 fully saturated rings. The summed E-state index contributed by atoms with van der Waals surface area (Å²) in [5, 5.41) is 3.49. The minimum atomic E-state index is -4.41. The van der Waals surface area contributed by atoms with Crippen molar-refractivity contribution in [1.82, 2.24) is 10.2 Å². The van der Waals surface area contributed by atoms with E-state index < -0.39 is 11.7 Å². The van der Waals surface area contributed by atoms with Gasteiger partial charge in [0, 0.05) is 29.7 Å². The number of carbonyl (C=O) groups excluding carboxylic acids is 1. The van der Waals surface area contributed by atoms with Gasteiger partial charge >= 0.3 is 6.18 Å². The third kappa shape index (κ3) is 4.19. The highest BCUT2D eigenvalue weighted by Crippen LogP contribution is 2.29. The van der Waals surface area contributed by atoms with Gasteiger partial charge in [-0.05, 0) is 61.0 Å². The van der Waals surface area contributed by atoms with E-state index in [-0.39, 0.29) is 17.5 Å². The fourth-order valence-corrected chi connectivity index (χ4v) is 3.29. The summed E-state index contributed by atoms with van der Waals surface area (Å²) < 4.78 is 37.8. The van der Waals surface area contributed by atoms with E-state index in [0.717, 1.165) is 30.7 Å². The third-order valence-corrected chi connectivity index (χ3v) is 4.87. The number of rotatable bonds is 3. The minimum absolute atomic E-state index is 0.0966. The zero-order valence-corrected chi connectivity index (χ0v) is 14.9. The number of fused-ring (bicyclic) bond motifs is 1. The van der Waals surface area contributed by atoms with Gasteiger partial charge in [0.2, 0.25) is 0 Å². The lowest BCUT2D eigenvalue weighted by molar-refractivity contribution is -0.137. The molecule has 0 spiro atoms. The van der Waals surface area contributed by atoms with Gasteiger partial charge in [0.15, 0.2) is 0 Å². The van der Waals surface area contributed by atoms with Crippen LogP contribution < -0.4 is 5.32 Å². The largest absolute Gasteiger partial charge is 0.416 e. The molecule has 1 heterocycles. The number of likely N-dealkylation sites (N-methyl/N-ethyl adjacent to an activating group) is 1. The van der Waals surface area contributed by atoms with Crippen LogP contribution in [0.4, 0.5) is 13.2 Å². The molecule has 1 aliphatic rings. The number of amides is 1. The van der Waals surface area contributed by atoms with Crippen molar-refractivity contribution in [3.05, 3.63) is 69.7 Å². The van der Waals surface area contributed by atoms with Gasteiger partial charge in [-0.1, -0.05) is 17.7 Å². The van der Waals surface area contributed by atoms with E-state index in [1.54, 1.807) is 0 Å². The van der Waals surface area contributed by atoms with E-state index in [1.807, 2.05) is 25.2 Å². The van der Waals surface area contributed by atoms with Gasteiger partial charge in [-0.25, -0.2) is 0 Å². The van der Waals surface area contributed by atoms with Crippen molar-refractivity contribution in [3.8, 4) is 0 Å². The Hall–Kier alpha value is -2.05. The van der Waals surface area contributed by atoms with Crippen LogP contribution in [0.5, 0.6) is 0 Å². The van der Waals surface area contributed by atoms with Gasteiger partial charge in [0.25, 0.3) is 5.91 Å². The Labute approximate surface area is 154 Å². The molecule has 138 valence electrons. The molecule has 2 aromatic carbocycles. The molecule has 0 radical (unpaired) electrons. The summed E-state index contributed by atoms with van der Waals surface area (Å²) in [6, 6.07) is 10.1. The summed E-state index contributed by atoms with van der Waals surface area (Å²) in [4.78, 5) is 14.4. The van der Waals surface area contributed by atoms with E-state index >= 15 is 0 Å². The Morgan fingerprint density at radius 2 is 1.88 bits per heavy atom. The second kappa shape index (κ2) is 7.29. The molecule has 3 nitrogen and oxygen atoms in total. The fourth-order valence-electron chi connectivity index (χ4n) is 3.10. The zero-order valence-electron chi connectivity index (χ0n) is 14.1. The van der Waals surface area contributed by atoms with Gasteiger partial charge in [-0.3, -0.25) is 9.69 Å². The van der Waals surface area contributed by atoms with Crippen molar-refractivity contribution in [3.63, 3.8) is 0 Å². The Balaban J connectivity index is 1.62. The molecular weight excluding hydrogens is 365 g/mol. The molecule has 1 atom stereocenters. The van der Waals surface area contributed by atoms with E-state index in [4.69, 9.17) is 11.6 Å². The number of halogens is 4. The average Bonchev–Trinajstić information content (AvgIpc) is 2.59.